The van der Waals surface area contributed by atoms with Crippen molar-refractivity contribution in [1.29, 1.82) is 5.26 Å². The molecule has 30 heavy (non-hydrogen) atoms. The van der Waals surface area contributed by atoms with Gasteiger partial charge in [0.15, 0.2) is 0 Å². The van der Waals surface area contributed by atoms with Gasteiger partial charge < -0.3 is 9.64 Å². The van der Waals surface area contributed by atoms with Crippen LogP contribution in [-0.2, 0) is 21.4 Å². The van der Waals surface area contributed by atoms with Crippen molar-refractivity contribution >= 4 is 15.9 Å². The van der Waals surface area contributed by atoms with Crippen LogP contribution in [0.15, 0.2) is 53.4 Å². The van der Waals surface area contributed by atoms with Crippen molar-refractivity contribution < 1.29 is 17.9 Å². The third kappa shape index (κ3) is 4.81. The normalized spacial score (nSPS) is 15.4. The summed E-state index contributed by atoms with van der Waals surface area (Å²) in [5.74, 6) is 0.386. The second kappa shape index (κ2) is 9.28. The van der Waals surface area contributed by atoms with E-state index in [0.717, 1.165) is 5.56 Å². The Kier molecular flexibility index (Phi) is 6.75. The highest BCUT2D eigenvalue weighted by molar-refractivity contribution is 7.89. The molecule has 2 aromatic carbocycles. The van der Waals surface area contributed by atoms with Crippen LogP contribution in [0.3, 0.4) is 0 Å². The summed E-state index contributed by atoms with van der Waals surface area (Å²) in [6, 6.07) is 15.6. The number of carbonyl (C=O) groups is 1. The van der Waals surface area contributed by atoms with Gasteiger partial charge in [0.1, 0.15) is 5.75 Å². The lowest BCUT2D eigenvalue weighted by molar-refractivity contribution is -0.135. The Labute approximate surface area is 177 Å². The van der Waals surface area contributed by atoms with Gasteiger partial charge in [-0.15, -0.1) is 0 Å². The molecule has 0 N–H and O–H groups in total. The number of ether oxygens (including phenoxy) is 1. The SMILES string of the molecule is COc1ccc(S(=O)(=O)N2CCC(C(=O)N(C)Cc3cccc(C#N)c3)CC2)cc1. The van der Waals surface area contributed by atoms with Crippen molar-refractivity contribution in [2.24, 2.45) is 5.92 Å². The van der Waals surface area contributed by atoms with Gasteiger partial charge >= 0.3 is 0 Å². The van der Waals surface area contributed by atoms with Gasteiger partial charge in [-0.2, -0.15) is 9.57 Å². The number of hydrogen-bond donors (Lipinski definition) is 0. The second-order valence-electron chi connectivity index (χ2n) is 7.36. The number of carbonyl (C=O) groups excluding carboxylic acids is 1. The molecule has 0 unspecified atom stereocenters. The van der Waals surface area contributed by atoms with Gasteiger partial charge in [-0.3, -0.25) is 4.79 Å². The quantitative estimate of drug-likeness (QED) is 0.707. The fourth-order valence-corrected chi connectivity index (χ4v) is 5.11. The largest absolute Gasteiger partial charge is 0.497 e. The average molecular weight is 428 g/mol. The zero-order chi connectivity index (χ0) is 21.7. The van der Waals surface area contributed by atoms with Crippen LogP contribution in [0.25, 0.3) is 0 Å². The summed E-state index contributed by atoms with van der Waals surface area (Å²) in [5.41, 5.74) is 1.45. The van der Waals surface area contributed by atoms with E-state index in [4.69, 9.17) is 10.00 Å². The lowest BCUT2D eigenvalue weighted by Crippen LogP contribution is -2.43. The first kappa shape index (κ1) is 21.8. The maximum Gasteiger partial charge on any atom is 0.243 e. The Balaban J connectivity index is 1.59. The van der Waals surface area contributed by atoms with Crippen molar-refractivity contribution in [3.8, 4) is 11.8 Å². The van der Waals surface area contributed by atoms with Crippen LogP contribution in [0.4, 0.5) is 0 Å². The monoisotopic (exact) mass is 427 g/mol. The molecule has 1 fully saturated rings. The summed E-state index contributed by atoms with van der Waals surface area (Å²) < 4.78 is 32.2. The number of nitrogens with zero attached hydrogens (tertiary/aromatic N) is 3. The van der Waals surface area contributed by atoms with E-state index in [9.17, 15) is 13.2 Å². The Morgan fingerprint density at radius 1 is 1.20 bits per heavy atom. The molecule has 2 aromatic rings. The second-order valence-corrected chi connectivity index (χ2v) is 9.30. The maximum atomic E-state index is 12.9. The van der Waals surface area contributed by atoms with E-state index in [1.807, 2.05) is 6.07 Å². The lowest BCUT2D eigenvalue weighted by atomic mass is 9.96. The number of piperidine rings is 1. The summed E-state index contributed by atoms with van der Waals surface area (Å²) in [5, 5.41) is 9.02. The molecule has 158 valence electrons. The smallest absolute Gasteiger partial charge is 0.243 e. The summed E-state index contributed by atoms with van der Waals surface area (Å²) in [6.07, 6.45) is 0.966. The number of benzene rings is 2. The van der Waals surface area contributed by atoms with Crippen molar-refractivity contribution in [2.75, 3.05) is 27.2 Å². The van der Waals surface area contributed by atoms with Crippen LogP contribution in [0, 0.1) is 17.2 Å². The van der Waals surface area contributed by atoms with Gasteiger partial charge in [-0.05, 0) is 54.8 Å². The first-order valence-corrected chi connectivity index (χ1v) is 11.2. The van der Waals surface area contributed by atoms with Crippen LogP contribution in [0.1, 0.15) is 24.0 Å². The molecule has 1 aliphatic heterocycles. The van der Waals surface area contributed by atoms with Gasteiger partial charge in [-0.25, -0.2) is 8.42 Å². The minimum atomic E-state index is -3.59. The van der Waals surface area contributed by atoms with E-state index in [1.165, 1.54) is 23.5 Å². The highest BCUT2D eigenvalue weighted by Gasteiger charge is 2.33. The van der Waals surface area contributed by atoms with Gasteiger partial charge in [0, 0.05) is 32.6 Å². The highest BCUT2D eigenvalue weighted by atomic mass is 32.2. The van der Waals surface area contributed by atoms with Crippen LogP contribution in [0.2, 0.25) is 0 Å². The van der Waals surface area contributed by atoms with Crippen molar-refractivity contribution in [3.05, 3.63) is 59.7 Å². The predicted molar refractivity (Wildman–Crippen MR) is 112 cm³/mol. The molecule has 1 amide bonds. The third-order valence-corrected chi connectivity index (χ3v) is 7.27. The number of methoxy groups -OCH3 is 1. The topological polar surface area (TPSA) is 90.7 Å². The highest BCUT2D eigenvalue weighted by Crippen LogP contribution is 2.26. The summed E-state index contributed by atoms with van der Waals surface area (Å²) >= 11 is 0. The van der Waals surface area contributed by atoms with Gasteiger partial charge in [0.05, 0.1) is 23.6 Å². The standard InChI is InChI=1S/C22H25N3O4S/c1-24(16-18-5-3-4-17(14-18)15-23)22(26)19-10-12-25(13-11-19)30(27,28)21-8-6-20(29-2)7-9-21/h3-9,14,19H,10-13,16H2,1-2H3. The molecule has 0 atom stereocenters. The molecule has 0 aromatic heterocycles. The fourth-order valence-electron chi connectivity index (χ4n) is 3.64. The third-order valence-electron chi connectivity index (χ3n) is 5.35. The Morgan fingerprint density at radius 2 is 1.87 bits per heavy atom. The zero-order valence-corrected chi connectivity index (χ0v) is 17.9. The fraction of sp³-hybridized carbons (Fsp3) is 0.364. The number of rotatable bonds is 6. The predicted octanol–water partition coefficient (Wildman–Crippen LogP) is 2.63. The van der Waals surface area contributed by atoms with Crippen molar-refractivity contribution in [1.82, 2.24) is 9.21 Å². The minimum Gasteiger partial charge on any atom is -0.497 e. The van der Waals surface area contributed by atoms with E-state index < -0.39 is 10.0 Å². The van der Waals surface area contributed by atoms with Crippen molar-refractivity contribution in [3.63, 3.8) is 0 Å². The van der Waals surface area contributed by atoms with Gasteiger partial charge in [0.25, 0.3) is 0 Å². The number of sulfonamides is 1. The number of amides is 1. The molecule has 0 aliphatic carbocycles. The molecule has 1 aliphatic rings. The van der Waals surface area contributed by atoms with Crippen LogP contribution in [-0.4, -0.2) is 50.8 Å². The molecule has 0 saturated carbocycles. The molecule has 8 heteroatoms. The summed E-state index contributed by atoms with van der Waals surface area (Å²) in [4.78, 5) is 14.7. The average Bonchev–Trinajstić information content (AvgIpc) is 2.78. The van der Waals surface area contributed by atoms with Gasteiger partial charge in [-0.1, -0.05) is 12.1 Å². The summed E-state index contributed by atoms with van der Waals surface area (Å²) in [7, 11) is -0.322. The van der Waals surface area contributed by atoms with Crippen LogP contribution >= 0.6 is 0 Å². The van der Waals surface area contributed by atoms with E-state index in [0.29, 0.717) is 43.8 Å². The van der Waals surface area contributed by atoms with E-state index in [1.54, 1.807) is 42.3 Å². The van der Waals surface area contributed by atoms with E-state index in [2.05, 4.69) is 6.07 Å². The first-order chi connectivity index (χ1) is 14.3. The lowest BCUT2D eigenvalue weighted by Gasteiger charge is -2.32. The maximum absolute atomic E-state index is 12.9. The van der Waals surface area contributed by atoms with Crippen molar-refractivity contribution in [2.45, 2.75) is 24.3 Å². The Morgan fingerprint density at radius 3 is 2.47 bits per heavy atom. The molecule has 1 saturated heterocycles. The molecular weight excluding hydrogens is 402 g/mol. The molecule has 0 bridgehead atoms. The van der Waals surface area contributed by atoms with E-state index >= 15 is 0 Å². The Hall–Kier alpha value is -2.89. The molecule has 7 nitrogen and oxygen atoms in total. The number of hydrogen-bond acceptors (Lipinski definition) is 5. The molecule has 3 rings (SSSR count). The molecule has 0 spiro atoms. The Bertz CT molecular complexity index is 1040. The summed E-state index contributed by atoms with van der Waals surface area (Å²) in [6.45, 7) is 1.03. The van der Waals surface area contributed by atoms with Crippen LogP contribution < -0.4 is 4.74 Å². The van der Waals surface area contributed by atoms with Crippen LogP contribution in [0.5, 0.6) is 5.75 Å². The number of nitriles is 1. The van der Waals surface area contributed by atoms with Gasteiger partial charge in [0.2, 0.25) is 15.9 Å². The first-order valence-electron chi connectivity index (χ1n) is 9.73. The molecular formula is C22H25N3O4S. The minimum absolute atomic E-state index is 0.00106. The van der Waals surface area contributed by atoms with E-state index in [-0.39, 0.29) is 16.7 Å². The molecule has 0 radical (unpaired) electrons. The molecule has 1 heterocycles. The zero-order valence-electron chi connectivity index (χ0n) is 17.1.